The zero-order valence-corrected chi connectivity index (χ0v) is 25.3. The van der Waals surface area contributed by atoms with E-state index in [1.165, 1.54) is 55.2 Å². The van der Waals surface area contributed by atoms with Crippen LogP contribution in [-0.2, 0) is 5.41 Å². The summed E-state index contributed by atoms with van der Waals surface area (Å²) in [6, 6.07) is 54.5. The molecule has 0 aliphatic heterocycles. The third-order valence-electron chi connectivity index (χ3n) is 9.65. The third kappa shape index (κ3) is 3.82. The Morgan fingerprint density at radius 3 is 1.82 bits per heavy atom. The summed E-state index contributed by atoms with van der Waals surface area (Å²) in [4.78, 5) is 2.41. The largest absolute Gasteiger partial charge is 0.455 e. The second kappa shape index (κ2) is 9.70. The fraction of sp³-hybridized carbons (Fsp3) is 0.0698. The molecule has 0 amide bonds. The van der Waals surface area contributed by atoms with Gasteiger partial charge in [0.2, 0.25) is 0 Å². The van der Waals surface area contributed by atoms with Gasteiger partial charge >= 0.3 is 0 Å². The molecule has 45 heavy (non-hydrogen) atoms. The minimum absolute atomic E-state index is 0.212. The summed E-state index contributed by atoms with van der Waals surface area (Å²) in [5, 5.41) is 4.79. The van der Waals surface area contributed by atoms with E-state index in [0.29, 0.717) is 0 Å². The van der Waals surface area contributed by atoms with Gasteiger partial charge in [-0.1, -0.05) is 129 Å². The molecule has 1 aromatic heterocycles. The highest BCUT2D eigenvalue weighted by Crippen LogP contribution is 2.57. The van der Waals surface area contributed by atoms with Crippen molar-refractivity contribution in [2.45, 2.75) is 19.3 Å². The normalized spacial score (nSPS) is 13.3. The summed E-state index contributed by atoms with van der Waals surface area (Å²) in [6.45, 7) is 4.71. The van der Waals surface area contributed by atoms with E-state index in [4.69, 9.17) is 4.42 Å². The van der Waals surface area contributed by atoms with Gasteiger partial charge in [-0.25, -0.2) is 0 Å². The topological polar surface area (TPSA) is 16.4 Å². The van der Waals surface area contributed by atoms with E-state index in [9.17, 15) is 0 Å². The first-order chi connectivity index (χ1) is 22.1. The minimum Gasteiger partial charge on any atom is -0.455 e. The van der Waals surface area contributed by atoms with Crippen LogP contribution in [0.5, 0.6) is 0 Å². The molecule has 0 saturated carbocycles. The molecule has 1 aliphatic rings. The van der Waals surface area contributed by atoms with Crippen LogP contribution in [0.15, 0.2) is 156 Å². The number of hydrogen-bond acceptors (Lipinski definition) is 2. The number of benzene rings is 7. The van der Waals surface area contributed by atoms with Gasteiger partial charge in [-0.05, 0) is 69.6 Å². The van der Waals surface area contributed by atoms with Crippen LogP contribution >= 0.6 is 0 Å². The molecule has 7 aromatic carbocycles. The van der Waals surface area contributed by atoms with E-state index in [1.807, 2.05) is 0 Å². The Morgan fingerprint density at radius 2 is 1.07 bits per heavy atom. The van der Waals surface area contributed by atoms with Gasteiger partial charge in [0.05, 0.1) is 5.69 Å². The Balaban J connectivity index is 1.32. The van der Waals surface area contributed by atoms with Gasteiger partial charge in [0.25, 0.3) is 0 Å². The van der Waals surface area contributed by atoms with E-state index in [1.54, 1.807) is 0 Å². The van der Waals surface area contributed by atoms with Crippen molar-refractivity contribution < 1.29 is 4.42 Å². The second-order valence-corrected chi connectivity index (χ2v) is 12.5. The van der Waals surface area contributed by atoms with E-state index < -0.39 is 0 Å². The highest BCUT2D eigenvalue weighted by Gasteiger charge is 2.40. The Hall–Kier alpha value is -5.60. The fourth-order valence-corrected chi connectivity index (χ4v) is 7.44. The maximum absolute atomic E-state index is 6.65. The van der Waals surface area contributed by atoms with E-state index in [-0.39, 0.29) is 5.41 Å². The SMILES string of the molecule is CC1(C)c2cc(N(c3ccccc3)c3ccc(-c4ccccc4)cc3)c3ccccc3c2-c2c1ccc1c2oc2ccccc21. The molecule has 0 atom stereocenters. The first kappa shape index (κ1) is 25.9. The van der Waals surface area contributed by atoms with Crippen molar-refractivity contribution >= 4 is 49.8 Å². The second-order valence-electron chi connectivity index (χ2n) is 12.5. The lowest BCUT2D eigenvalue weighted by atomic mass is 9.81. The maximum atomic E-state index is 6.65. The molecule has 0 radical (unpaired) electrons. The molecular formula is C43H31NO. The average molecular weight is 578 g/mol. The van der Waals surface area contributed by atoms with Crippen molar-refractivity contribution in [3.8, 4) is 22.3 Å². The summed E-state index contributed by atoms with van der Waals surface area (Å²) >= 11 is 0. The third-order valence-corrected chi connectivity index (χ3v) is 9.65. The number of rotatable bonds is 4. The summed E-state index contributed by atoms with van der Waals surface area (Å²) in [5.41, 5.74) is 12.7. The number of fused-ring (bicyclic) bond motifs is 9. The summed E-state index contributed by atoms with van der Waals surface area (Å²) in [7, 11) is 0. The lowest BCUT2D eigenvalue weighted by Gasteiger charge is -2.30. The van der Waals surface area contributed by atoms with Crippen LogP contribution in [0, 0.1) is 0 Å². The molecule has 0 saturated heterocycles. The Bertz CT molecular complexity index is 2380. The predicted octanol–water partition coefficient (Wildman–Crippen LogP) is 12.2. The van der Waals surface area contributed by atoms with Gasteiger partial charge < -0.3 is 9.32 Å². The molecule has 1 heterocycles. The highest BCUT2D eigenvalue weighted by atomic mass is 16.3. The zero-order valence-electron chi connectivity index (χ0n) is 25.3. The van der Waals surface area contributed by atoms with Crippen molar-refractivity contribution in [2.24, 2.45) is 0 Å². The first-order valence-corrected chi connectivity index (χ1v) is 15.6. The van der Waals surface area contributed by atoms with E-state index >= 15 is 0 Å². The van der Waals surface area contributed by atoms with Crippen LogP contribution < -0.4 is 4.90 Å². The molecule has 2 heteroatoms. The quantitative estimate of drug-likeness (QED) is 0.207. The van der Waals surface area contributed by atoms with Crippen LogP contribution in [0.3, 0.4) is 0 Å². The van der Waals surface area contributed by atoms with Crippen molar-refractivity contribution in [3.63, 3.8) is 0 Å². The van der Waals surface area contributed by atoms with Gasteiger partial charge in [0, 0.05) is 38.5 Å². The number of nitrogens with zero attached hydrogens (tertiary/aromatic N) is 1. The molecule has 0 spiro atoms. The number of furan rings is 1. The highest BCUT2D eigenvalue weighted by molar-refractivity contribution is 6.17. The first-order valence-electron chi connectivity index (χ1n) is 15.6. The molecule has 8 aromatic rings. The van der Waals surface area contributed by atoms with E-state index in [0.717, 1.165) is 27.9 Å². The van der Waals surface area contributed by atoms with Crippen molar-refractivity contribution in [3.05, 3.63) is 163 Å². The van der Waals surface area contributed by atoms with Gasteiger partial charge in [0.1, 0.15) is 11.2 Å². The Labute approximate surface area is 262 Å². The zero-order chi connectivity index (χ0) is 30.1. The van der Waals surface area contributed by atoms with Crippen LogP contribution in [0.25, 0.3) is 55.0 Å². The maximum Gasteiger partial charge on any atom is 0.143 e. The van der Waals surface area contributed by atoms with Gasteiger partial charge in [0.15, 0.2) is 0 Å². The van der Waals surface area contributed by atoms with Gasteiger partial charge in [-0.15, -0.1) is 0 Å². The van der Waals surface area contributed by atoms with Gasteiger partial charge in [-0.2, -0.15) is 0 Å². The molecule has 214 valence electrons. The fourth-order valence-electron chi connectivity index (χ4n) is 7.44. The molecule has 0 unspecified atom stereocenters. The summed E-state index contributed by atoms with van der Waals surface area (Å²) in [5.74, 6) is 0. The van der Waals surface area contributed by atoms with Crippen molar-refractivity contribution in [1.82, 2.24) is 0 Å². The van der Waals surface area contributed by atoms with Gasteiger partial charge in [-0.3, -0.25) is 0 Å². The predicted molar refractivity (Wildman–Crippen MR) is 189 cm³/mol. The lowest BCUT2D eigenvalue weighted by molar-refractivity contribution is 0.653. The average Bonchev–Trinajstić information content (AvgIpc) is 3.58. The molecule has 0 fully saturated rings. The standard InChI is InChI=1S/C43H31NO/c1-43(2)36-26-25-35-33-18-11-12-20-39(33)45-42(35)41(36)40-34-19-10-9-17-32(34)38(27-37(40)43)44(30-15-7-4-8-16-30)31-23-21-29(22-24-31)28-13-5-3-6-14-28/h3-27H,1-2H3. The van der Waals surface area contributed by atoms with Crippen LogP contribution in [0.4, 0.5) is 17.1 Å². The minimum atomic E-state index is -0.212. The van der Waals surface area contributed by atoms with E-state index in [2.05, 4.69) is 170 Å². The van der Waals surface area contributed by atoms with Crippen LogP contribution in [0.2, 0.25) is 0 Å². The molecule has 2 nitrogen and oxygen atoms in total. The molecule has 1 aliphatic carbocycles. The van der Waals surface area contributed by atoms with Crippen molar-refractivity contribution in [1.29, 1.82) is 0 Å². The van der Waals surface area contributed by atoms with Crippen LogP contribution in [-0.4, -0.2) is 0 Å². The summed E-state index contributed by atoms with van der Waals surface area (Å²) < 4.78 is 6.65. The van der Waals surface area contributed by atoms with Crippen molar-refractivity contribution in [2.75, 3.05) is 4.90 Å². The Kier molecular flexibility index (Phi) is 5.58. The number of anilines is 3. The number of para-hydroxylation sites is 2. The van der Waals surface area contributed by atoms with Crippen LogP contribution in [0.1, 0.15) is 25.0 Å². The molecule has 0 N–H and O–H groups in total. The molecule has 9 rings (SSSR count). The number of hydrogen-bond donors (Lipinski definition) is 0. The molecule has 0 bridgehead atoms. The molecular weight excluding hydrogens is 546 g/mol. The lowest BCUT2D eigenvalue weighted by Crippen LogP contribution is -2.17. The Morgan fingerprint density at radius 1 is 0.467 bits per heavy atom. The summed E-state index contributed by atoms with van der Waals surface area (Å²) in [6.07, 6.45) is 0. The smallest absolute Gasteiger partial charge is 0.143 e. The monoisotopic (exact) mass is 577 g/mol.